The van der Waals surface area contributed by atoms with Crippen LogP contribution in [0, 0.1) is 0 Å². The number of amides is 1. The predicted molar refractivity (Wildman–Crippen MR) is 106 cm³/mol. The maximum absolute atomic E-state index is 13.0. The summed E-state index contributed by atoms with van der Waals surface area (Å²) < 4.78 is 23.8. The summed E-state index contributed by atoms with van der Waals surface area (Å²) in [6.45, 7) is 1.44. The van der Waals surface area contributed by atoms with Gasteiger partial charge in [-0.3, -0.25) is 9.59 Å². The van der Waals surface area contributed by atoms with Crippen LogP contribution in [-0.4, -0.2) is 44.2 Å². The fourth-order valence-electron chi connectivity index (χ4n) is 3.33. The first-order valence-electron chi connectivity index (χ1n) is 8.79. The molecule has 0 aromatic heterocycles. The Balaban J connectivity index is 1.81. The highest BCUT2D eigenvalue weighted by Crippen LogP contribution is 2.25. The van der Waals surface area contributed by atoms with Crippen LogP contribution in [0.4, 0.5) is 11.4 Å². The summed E-state index contributed by atoms with van der Waals surface area (Å²) in [5, 5.41) is 3.03. The van der Waals surface area contributed by atoms with E-state index in [-0.39, 0.29) is 35.8 Å². The number of Topliss-reactive ketones (excluding diaryl/α,β-unsaturated/α-hetero) is 1. The third kappa shape index (κ3) is 4.54. The summed E-state index contributed by atoms with van der Waals surface area (Å²) >= 11 is 0. The van der Waals surface area contributed by atoms with E-state index in [9.17, 15) is 18.0 Å². The number of sulfone groups is 1. The number of anilines is 2. The van der Waals surface area contributed by atoms with Gasteiger partial charge in [-0.25, -0.2) is 8.42 Å². The van der Waals surface area contributed by atoms with Crippen LogP contribution in [0.3, 0.4) is 0 Å². The van der Waals surface area contributed by atoms with Crippen LogP contribution in [0.15, 0.2) is 54.6 Å². The summed E-state index contributed by atoms with van der Waals surface area (Å²) in [4.78, 5) is 26.3. The molecule has 1 N–H and O–H groups in total. The Morgan fingerprint density at radius 2 is 1.74 bits per heavy atom. The fourth-order valence-corrected chi connectivity index (χ4v) is 5.03. The summed E-state index contributed by atoms with van der Waals surface area (Å²) in [5.41, 5.74) is 1.77. The second kappa shape index (κ2) is 7.92. The first-order chi connectivity index (χ1) is 12.9. The molecule has 1 aliphatic heterocycles. The lowest BCUT2D eigenvalue weighted by Gasteiger charge is -2.28. The van der Waals surface area contributed by atoms with Crippen molar-refractivity contribution in [2.24, 2.45) is 0 Å². The molecule has 142 valence electrons. The van der Waals surface area contributed by atoms with Crippen LogP contribution >= 0.6 is 0 Å². The molecule has 1 heterocycles. The Hall–Kier alpha value is -2.67. The molecule has 0 saturated carbocycles. The van der Waals surface area contributed by atoms with Gasteiger partial charge in [0.25, 0.3) is 0 Å². The maximum atomic E-state index is 13.0. The number of benzene rings is 2. The van der Waals surface area contributed by atoms with Gasteiger partial charge >= 0.3 is 0 Å². The van der Waals surface area contributed by atoms with E-state index in [1.54, 1.807) is 41.3 Å². The second-order valence-corrected chi connectivity index (χ2v) is 8.84. The van der Waals surface area contributed by atoms with Crippen molar-refractivity contribution in [3.05, 3.63) is 60.2 Å². The van der Waals surface area contributed by atoms with Crippen LogP contribution in [-0.2, 0) is 14.6 Å². The van der Waals surface area contributed by atoms with Crippen molar-refractivity contribution in [2.45, 2.75) is 19.4 Å². The molecule has 1 fully saturated rings. The third-order valence-electron chi connectivity index (χ3n) is 4.61. The minimum atomic E-state index is -3.13. The van der Waals surface area contributed by atoms with E-state index >= 15 is 0 Å². The molecular weight excluding hydrogens is 364 g/mol. The summed E-state index contributed by atoms with van der Waals surface area (Å²) in [7, 11) is -3.13. The summed E-state index contributed by atoms with van der Waals surface area (Å²) in [6, 6.07) is 15.7. The van der Waals surface area contributed by atoms with Gasteiger partial charge in [0.2, 0.25) is 5.91 Å². The lowest BCUT2D eigenvalue weighted by atomic mass is 10.1. The van der Waals surface area contributed by atoms with Gasteiger partial charge < -0.3 is 10.2 Å². The molecule has 2 aromatic rings. The summed E-state index contributed by atoms with van der Waals surface area (Å²) in [5.74, 6) is -0.263. The average molecular weight is 386 g/mol. The number of nitrogens with one attached hydrogen (secondary N) is 1. The maximum Gasteiger partial charge on any atom is 0.246 e. The molecule has 0 bridgehead atoms. The van der Waals surface area contributed by atoms with E-state index in [1.165, 1.54) is 6.92 Å². The van der Waals surface area contributed by atoms with Gasteiger partial charge in [-0.1, -0.05) is 30.3 Å². The third-order valence-corrected chi connectivity index (χ3v) is 6.36. The van der Waals surface area contributed by atoms with Crippen molar-refractivity contribution < 1.29 is 18.0 Å². The van der Waals surface area contributed by atoms with Crippen LogP contribution in [0.1, 0.15) is 23.7 Å². The zero-order valence-corrected chi connectivity index (χ0v) is 15.9. The monoisotopic (exact) mass is 386 g/mol. The van der Waals surface area contributed by atoms with Crippen molar-refractivity contribution in [2.75, 3.05) is 28.3 Å². The van der Waals surface area contributed by atoms with Gasteiger partial charge in [0.1, 0.15) is 0 Å². The van der Waals surface area contributed by atoms with Crippen LogP contribution < -0.4 is 10.2 Å². The molecule has 1 atom stereocenters. The van der Waals surface area contributed by atoms with E-state index in [1.807, 2.05) is 18.2 Å². The number of para-hydroxylation sites is 2. The molecule has 0 unspecified atom stereocenters. The van der Waals surface area contributed by atoms with E-state index in [0.717, 1.165) is 0 Å². The number of rotatable bonds is 6. The molecule has 1 saturated heterocycles. The molecule has 27 heavy (non-hydrogen) atoms. The number of hydrogen-bond donors (Lipinski definition) is 1. The van der Waals surface area contributed by atoms with E-state index in [2.05, 4.69) is 5.32 Å². The lowest BCUT2D eigenvalue weighted by Crippen LogP contribution is -2.44. The number of ketones is 1. The van der Waals surface area contributed by atoms with Crippen molar-refractivity contribution in [3.8, 4) is 0 Å². The SMILES string of the molecule is CC(=O)c1ccccc1NCC(=O)N(c1ccccc1)[C@@H]1CCS(=O)(=O)C1. The van der Waals surface area contributed by atoms with Gasteiger partial charge in [-0.05, 0) is 37.6 Å². The van der Waals surface area contributed by atoms with Crippen LogP contribution in [0.5, 0.6) is 0 Å². The Morgan fingerprint density at radius 1 is 1.07 bits per heavy atom. The molecule has 3 rings (SSSR count). The van der Waals surface area contributed by atoms with E-state index < -0.39 is 9.84 Å². The smallest absolute Gasteiger partial charge is 0.246 e. The Kier molecular flexibility index (Phi) is 5.60. The van der Waals surface area contributed by atoms with E-state index in [0.29, 0.717) is 23.4 Å². The predicted octanol–water partition coefficient (Wildman–Crippen LogP) is 2.52. The van der Waals surface area contributed by atoms with Crippen LogP contribution in [0.2, 0.25) is 0 Å². The van der Waals surface area contributed by atoms with Gasteiger partial charge in [0, 0.05) is 16.9 Å². The molecule has 0 spiro atoms. The highest BCUT2D eigenvalue weighted by molar-refractivity contribution is 7.91. The number of carbonyl (C=O) groups excluding carboxylic acids is 2. The quantitative estimate of drug-likeness (QED) is 0.772. The van der Waals surface area contributed by atoms with E-state index in [4.69, 9.17) is 0 Å². The van der Waals surface area contributed by atoms with Crippen molar-refractivity contribution in [1.82, 2.24) is 0 Å². The van der Waals surface area contributed by atoms with Crippen molar-refractivity contribution in [1.29, 1.82) is 0 Å². The average Bonchev–Trinajstić information content (AvgIpc) is 3.00. The normalized spacial score (nSPS) is 18.0. The largest absolute Gasteiger partial charge is 0.376 e. The molecule has 6 nitrogen and oxygen atoms in total. The molecule has 0 radical (unpaired) electrons. The van der Waals surface area contributed by atoms with Gasteiger partial charge in [0.15, 0.2) is 15.6 Å². The molecule has 1 aliphatic rings. The fraction of sp³-hybridized carbons (Fsp3) is 0.300. The highest BCUT2D eigenvalue weighted by Gasteiger charge is 2.35. The minimum absolute atomic E-state index is 0.0301. The Bertz CT molecular complexity index is 941. The lowest BCUT2D eigenvalue weighted by molar-refractivity contribution is -0.117. The number of carbonyl (C=O) groups is 2. The van der Waals surface area contributed by atoms with Gasteiger partial charge in [-0.2, -0.15) is 0 Å². The molecule has 0 aliphatic carbocycles. The second-order valence-electron chi connectivity index (χ2n) is 6.61. The standard InChI is InChI=1S/C20H22N2O4S/c1-15(23)18-9-5-6-10-19(18)21-13-20(24)22(16-7-3-2-4-8-16)17-11-12-27(25,26)14-17/h2-10,17,21H,11-14H2,1H3/t17-/m1/s1. The van der Waals surface area contributed by atoms with Crippen LogP contribution in [0.25, 0.3) is 0 Å². The highest BCUT2D eigenvalue weighted by atomic mass is 32.2. The summed E-state index contributed by atoms with van der Waals surface area (Å²) in [6.07, 6.45) is 0.424. The molecule has 1 amide bonds. The Morgan fingerprint density at radius 3 is 2.37 bits per heavy atom. The number of hydrogen-bond acceptors (Lipinski definition) is 5. The number of nitrogens with zero attached hydrogens (tertiary/aromatic N) is 1. The van der Waals surface area contributed by atoms with Crippen molar-refractivity contribution in [3.63, 3.8) is 0 Å². The van der Waals surface area contributed by atoms with Gasteiger partial charge in [-0.15, -0.1) is 0 Å². The zero-order valence-electron chi connectivity index (χ0n) is 15.1. The first kappa shape index (κ1) is 19.1. The molecular formula is C20H22N2O4S. The molecule has 7 heteroatoms. The van der Waals surface area contributed by atoms with Gasteiger partial charge in [0.05, 0.1) is 24.1 Å². The first-order valence-corrected chi connectivity index (χ1v) is 10.6. The minimum Gasteiger partial charge on any atom is -0.376 e. The molecule has 2 aromatic carbocycles. The topological polar surface area (TPSA) is 83.6 Å². The Labute approximate surface area is 159 Å². The zero-order chi connectivity index (χ0) is 19.4. The van der Waals surface area contributed by atoms with Crippen molar-refractivity contribution >= 4 is 32.9 Å².